The van der Waals surface area contributed by atoms with Crippen LogP contribution in [0.15, 0.2) is 127 Å². The van der Waals surface area contributed by atoms with Crippen molar-refractivity contribution in [2.24, 2.45) is 0 Å². The smallest absolute Gasteiger partial charge is 0.306 e. The van der Waals surface area contributed by atoms with Crippen LogP contribution in [0.25, 0.3) is 74.6 Å². The summed E-state index contributed by atoms with van der Waals surface area (Å²) in [6, 6.07) is 33.9. The summed E-state index contributed by atoms with van der Waals surface area (Å²) in [4.78, 5) is 58.8. The Bertz CT molecular complexity index is 2960. The molecule has 0 radical (unpaired) electrons. The van der Waals surface area contributed by atoms with E-state index in [2.05, 4.69) is 62.4 Å². The summed E-state index contributed by atoms with van der Waals surface area (Å²) in [7, 11) is 0. The molecule has 6 aromatic carbocycles. The zero-order valence-electron chi connectivity index (χ0n) is 25.7. The molecule has 250 valence electrons. The van der Waals surface area contributed by atoms with E-state index in [1.807, 2.05) is 54.8 Å². The minimum absolute atomic E-state index is 0. The van der Waals surface area contributed by atoms with Gasteiger partial charge in [-0.05, 0) is 51.6 Å². The zero-order chi connectivity index (χ0) is 34.2. The molecule has 0 aliphatic carbocycles. The van der Waals surface area contributed by atoms with Crippen molar-refractivity contribution in [3.05, 3.63) is 145 Å². The SMILES string of the molecule is C.CSc1c(-c2cccc3c(=O)[nH]c(=O)[nH]c23)ccc2ccccc12.O=c1[nH]c(=O)c2ccc3sc4c5ccccc5ccc4c3c2[nH]1.OO. The van der Waals surface area contributed by atoms with Crippen LogP contribution in [-0.4, -0.2) is 36.7 Å². The largest absolute Gasteiger partial charge is 0.326 e. The van der Waals surface area contributed by atoms with Crippen LogP contribution in [-0.2, 0) is 0 Å². The number of aromatic nitrogens is 4. The van der Waals surface area contributed by atoms with Gasteiger partial charge in [0.15, 0.2) is 0 Å². The second-order valence-electron chi connectivity index (χ2n) is 11.0. The highest BCUT2D eigenvalue weighted by molar-refractivity contribution is 7.99. The van der Waals surface area contributed by atoms with Gasteiger partial charge in [0.1, 0.15) is 0 Å². The van der Waals surface area contributed by atoms with Crippen LogP contribution in [0.2, 0.25) is 0 Å². The van der Waals surface area contributed by atoms with E-state index in [-0.39, 0.29) is 18.5 Å². The van der Waals surface area contributed by atoms with Gasteiger partial charge in [-0.3, -0.25) is 30.1 Å². The second kappa shape index (κ2) is 14.0. The Morgan fingerprint density at radius 3 is 1.80 bits per heavy atom. The standard InChI is InChI=1S/C19H14N2O2S.C18H10N2O2S.CH4.H2O2/c1-24-17-12-6-3-2-5-11(12)9-10-14(17)13-7-4-8-15-16(13)20-19(23)21-18(15)22;21-17-12-7-8-13-14(15(12)19-18(22)20-17)11-6-5-9-3-1-2-4-10(9)16(11)23-13;;1-2/h2-10H,1H3,(H2,20,21,22,23);1-8H,(H2,19,20,21,22);1H4;1-2H. The van der Waals surface area contributed by atoms with Crippen molar-refractivity contribution in [2.45, 2.75) is 12.3 Å². The van der Waals surface area contributed by atoms with Gasteiger partial charge in [-0.1, -0.05) is 92.4 Å². The van der Waals surface area contributed by atoms with E-state index in [1.54, 1.807) is 35.2 Å². The number of H-pyrrole nitrogens is 4. The van der Waals surface area contributed by atoms with Gasteiger partial charge in [0.05, 0.1) is 21.8 Å². The molecule has 0 bridgehead atoms. The minimum atomic E-state index is -0.494. The van der Waals surface area contributed by atoms with Gasteiger partial charge in [-0.2, -0.15) is 0 Å². The first kappa shape index (κ1) is 34.1. The molecule has 50 heavy (non-hydrogen) atoms. The minimum Gasteiger partial charge on any atom is -0.306 e. The molecule has 10 nitrogen and oxygen atoms in total. The molecular weight excluding hydrogens is 673 g/mol. The van der Waals surface area contributed by atoms with Gasteiger partial charge in [-0.25, -0.2) is 9.59 Å². The van der Waals surface area contributed by atoms with E-state index in [0.29, 0.717) is 21.8 Å². The highest BCUT2D eigenvalue weighted by atomic mass is 32.2. The lowest BCUT2D eigenvalue weighted by Crippen LogP contribution is -2.22. The molecule has 0 saturated heterocycles. The average Bonchev–Trinajstić information content (AvgIpc) is 3.52. The van der Waals surface area contributed by atoms with Crippen molar-refractivity contribution in [2.75, 3.05) is 6.26 Å². The molecule has 0 spiro atoms. The summed E-state index contributed by atoms with van der Waals surface area (Å²) >= 11 is 3.34. The van der Waals surface area contributed by atoms with E-state index in [0.717, 1.165) is 42.3 Å². The Kier molecular flexibility index (Phi) is 9.53. The molecule has 0 fully saturated rings. The fourth-order valence-electron chi connectivity index (χ4n) is 6.32. The van der Waals surface area contributed by atoms with Crippen LogP contribution in [0.3, 0.4) is 0 Å². The van der Waals surface area contributed by atoms with Crippen molar-refractivity contribution in [3.63, 3.8) is 0 Å². The van der Waals surface area contributed by atoms with Gasteiger partial charge < -0.3 is 9.97 Å². The molecule has 0 aliphatic rings. The third kappa shape index (κ3) is 5.80. The predicted octanol–water partition coefficient (Wildman–Crippen LogP) is 8.15. The Labute approximate surface area is 290 Å². The van der Waals surface area contributed by atoms with Crippen LogP contribution in [0.5, 0.6) is 0 Å². The van der Waals surface area contributed by atoms with E-state index >= 15 is 0 Å². The van der Waals surface area contributed by atoms with Crippen molar-refractivity contribution in [1.82, 2.24) is 19.9 Å². The van der Waals surface area contributed by atoms with Crippen LogP contribution in [0.1, 0.15) is 7.43 Å². The van der Waals surface area contributed by atoms with Crippen molar-refractivity contribution >= 4 is 86.6 Å². The number of hydrogen-bond donors (Lipinski definition) is 6. The Hall–Kier alpha value is -5.79. The van der Waals surface area contributed by atoms with E-state index < -0.39 is 11.4 Å². The summed E-state index contributed by atoms with van der Waals surface area (Å²) in [6.45, 7) is 0. The number of para-hydroxylation sites is 1. The number of thiophene rings is 1. The van der Waals surface area contributed by atoms with Crippen LogP contribution >= 0.6 is 23.1 Å². The van der Waals surface area contributed by atoms with Crippen LogP contribution in [0, 0.1) is 0 Å². The van der Waals surface area contributed by atoms with Crippen LogP contribution < -0.4 is 22.5 Å². The molecule has 3 heterocycles. The van der Waals surface area contributed by atoms with E-state index in [4.69, 9.17) is 10.5 Å². The molecular formula is C38H30N4O6S2. The highest BCUT2D eigenvalue weighted by Crippen LogP contribution is 2.41. The maximum Gasteiger partial charge on any atom is 0.326 e. The van der Waals surface area contributed by atoms with Crippen molar-refractivity contribution in [1.29, 1.82) is 0 Å². The number of nitrogens with one attached hydrogen (secondary N) is 4. The Morgan fingerprint density at radius 2 is 1.10 bits per heavy atom. The summed E-state index contributed by atoms with van der Waals surface area (Å²) in [5.41, 5.74) is 1.34. The molecule has 0 unspecified atom stereocenters. The molecule has 9 rings (SSSR count). The third-order valence-electron chi connectivity index (χ3n) is 8.39. The van der Waals surface area contributed by atoms with Crippen LogP contribution in [0.4, 0.5) is 0 Å². The van der Waals surface area contributed by atoms with E-state index in [1.165, 1.54) is 15.5 Å². The quantitative estimate of drug-likeness (QED) is 0.0599. The van der Waals surface area contributed by atoms with Crippen molar-refractivity contribution in [3.8, 4) is 11.1 Å². The van der Waals surface area contributed by atoms with Gasteiger partial charge in [-0.15, -0.1) is 23.1 Å². The molecule has 0 atom stereocenters. The number of aromatic amines is 4. The van der Waals surface area contributed by atoms with E-state index in [9.17, 15) is 19.2 Å². The summed E-state index contributed by atoms with van der Waals surface area (Å²) in [5, 5.41) is 19.7. The van der Waals surface area contributed by atoms with Gasteiger partial charge >= 0.3 is 11.4 Å². The molecule has 12 heteroatoms. The average molecular weight is 703 g/mol. The normalized spacial score (nSPS) is 10.9. The Morgan fingerprint density at radius 1 is 0.540 bits per heavy atom. The molecule has 0 aliphatic heterocycles. The number of benzene rings is 6. The predicted molar refractivity (Wildman–Crippen MR) is 207 cm³/mol. The van der Waals surface area contributed by atoms with Crippen molar-refractivity contribution < 1.29 is 10.5 Å². The molecule has 6 N–H and O–H groups in total. The van der Waals surface area contributed by atoms with Gasteiger partial charge in [0.2, 0.25) is 0 Å². The first-order valence-corrected chi connectivity index (χ1v) is 17.0. The second-order valence-corrected chi connectivity index (χ2v) is 12.9. The number of hydrogen-bond acceptors (Lipinski definition) is 8. The fourth-order valence-corrected chi connectivity index (χ4v) is 8.37. The van der Waals surface area contributed by atoms with Gasteiger partial charge in [0, 0.05) is 30.6 Å². The fraction of sp³-hybridized carbons (Fsp3) is 0.0526. The maximum atomic E-state index is 12.1. The molecule has 9 aromatic rings. The monoisotopic (exact) mass is 702 g/mol. The summed E-state index contributed by atoms with van der Waals surface area (Å²) in [6.07, 6.45) is 2.03. The molecule has 0 amide bonds. The first-order valence-electron chi connectivity index (χ1n) is 14.9. The topological polar surface area (TPSA) is 172 Å². The summed E-state index contributed by atoms with van der Waals surface area (Å²) < 4.78 is 2.23. The lowest BCUT2D eigenvalue weighted by molar-refractivity contribution is -0.176. The highest BCUT2D eigenvalue weighted by Gasteiger charge is 2.15. The lowest BCUT2D eigenvalue weighted by atomic mass is 9.99. The Balaban J connectivity index is 0.000000162. The summed E-state index contributed by atoms with van der Waals surface area (Å²) in [5.74, 6) is 0. The lowest BCUT2D eigenvalue weighted by Gasteiger charge is -2.13. The number of thioether (sulfide) groups is 1. The molecule has 0 saturated carbocycles. The first-order chi connectivity index (χ1) is 23.9. The maximum absolute atomic E-state index is 12.1. The molecule has 3 aromatic heterocycles. The third-order valence-corrected chi connectivity index (χ3v) is 10.4. The zero-order valence-corrected chi connectivity index (χ0v) is 27.3. The van der Waals surface area contributed by atoms with Gasteiger partial charge in [0.25, 0.3) is 11.1 Å². The number of fused-ring (bicyclic) bond motifs is 9. The number of rotatable bonds is 2.